The lowest BCUT2D eigenvalue weighted by molar-refractivity contribution is -0.127. The fourth-order valence-corrected chi connectivity index (χ4v) is 3.81. The maximum absolute atomic E-state index is 12.2. The molecule has 26 heavy (non-hydrogen) atoms. The number of aliphatic hydroxyl groups excluding tert-OH is 1. The van der Waals surface area contributed by atoms with Gasteiger partial charge in [0.05, 0.1) is 6.10 Å². The number of nitrogens with zero attached hydrogens (tertiary/aromatic N) is 1. The van der Waals surface area contributed by atoms with Gasteiger partial charge in [-0.3, -0.25) is 4.79 Å². The summed E-state index contributed by atoms with van der Waals surface area (Å²) in [6.07, 6.45) is 4.29. The molecule has 1 saturated heterocycles. The van der Waals surface area contributed by atoms with E-state index in [1.54, 1.807) is 0 Å². The lowest BCUT2D eigenvalue weighted by Gasteiger charge is -2.26. The predicted octanol–water partition coefficient (Wildman–Crippen LogP) is 1.68. The van der Waals surface area contributed by atoms with Crippen LogP contribution in [0.25, 0.3) is 0 Å². The van der Waals surface area contributed by atoms with Gasteiger partial charge in [-0.15, -0.1) is 0 Å². The van der Waals surface area contributed by atoms with Crippen LogP contribution in [0, 0.1) is 5.92 Å². The highest BCUT2D eigenvalue weighted by Gasteiger charge is 2.29. The zero-order valence-electron chi connectivity index (χ0n) is 15.2. The van der Waals surface area contributed by atoms with Gasteiger partial charge in [-0.2, -0.15) is 0 Å². The third-order valence-electron chi connectivity index (χ3n) is 5.39. The quantitative estimate of drug-likeness (QED) is 0.723. The monoisotopic (exact) mass is 359 g/mol. The molecule has 3 rings (SSSR count). The van der Waals surface area contributed by atoms with Crippen LogP contribution in [0.1, 0.15) is 37.7 Å². The van der Waals surface area contributed by atoms with Crippen molar-refractivity contribution in [2.45, 2.75) is 50.7 Å². The molecule has 3 amide bonds. The third-order valence-corrected chi connectivity index (χ3v) is 5.39. The second-order valence-electron chi connectivity index (χ2n) is 7.51. The Morgan fingerprint density at radius 2 is 1.88 bits per heavy atom. The van der Waals surface area contributed by atoms with Crippen LogP contribution in [0.4, 0.5) is 4.79 Å². The molecule has 2 fully saturated rings. The van der Waals surface area contributed by atoms with Gasteiger partial charge in [0.25, 0.3) is 0 Å². The maximum atomic E-state index is 12.2. The molecule has 1 heterocycles. The van der Waals surface area contributed by atoms with Crippen LogP contribution in [-0.2, 0) is 11.2 Å². The molecule has 1 aliphatic heterocycles. The van der Waals surface area contributed by atoms with E-state index in [2.05, 4.69) is 22.8 Å². The number of urea groups is 1. The van der Waals surface area contributed by atoms with E-state index >= 15 is 0 Å². The summed E-state index contributed by atoms with van der Waals surface area (Å²) in [6.45, 7) is 1.96. The number of likely N-dealkylation sites (tertiary alicyclic amines) is 1. The molecule has 1 aliphatic carbocycles. The summed E-state index contributed by atoms with van der Waals surface area (Å²) in [5.74, 6) is 0.353. The van der Waals surface area contributed by atoms with Gasteiger partial charge >= 0.3 is 6.03 Å². The topological polar surface area (TPSA) is 81.7 Å². The summed E-state index contributed by atoms with van der Waals surface area (Å²) in [5, 5.41) is 15.4. The van der Waals surface area contributed by atoms with Gasteiger partial charge in [0, 0.05) is 38.0 Å². The Hall–Kier alpha value is -2.08. The summed E-state index contributed by atoms with van der Waals surface area (Å²) >= 11 is 0. The fraction of sp³-hybridized carbons (Fsp3) is 0.600. The number of benzene rings is 1. The Bertz CT molecular complexity index is 600. The van der Waals surface area contributed by atoms with Crippen molar-refractivity contribution < 1.29 is 14.7 Å². The molecule has 6 nitrogen and oxygen atoms in total. The van der Waals surface area contributed by atoms with E-state index in [9.17, 15) is 14.7 Å². The molecule has 2 aliphatic rings. The van der Waals surface area contributed by atoms with E-state index in [1.807, 2.05) is 23.1 Å². The number of amides is 3. The molecule has 1 aromatic rings. The van der Waals surface area contributed by atoms with Gasteiger partial charge in [0.1, 0.15) is 0 Å². The highest BCUT2D eigenvalue weighted by Crippen LogP contribution is 2.19. The average molecular weight is 359 g/mol. The van der Waals surface area contributed by atoms with Gasteiger partial charge in [0.15, 0.2) is 0 Å². The van der Waals surface area contributed by atoms with Crippen LogP contribution in [0.5, 0.6) is 0 Å². The van der Waals surface area contributed by atoms with Gasteiger partial charge < -0.3 is 20.6 Å². The van der Waals surface area contributed by atoms with Crippen LogP contribution in [-0.4, -0.2) is 53.7 Å². The number of rotatable bonds is 6. The zero-order chi connectivity index (χ0) is 18.4. The molecule has 0 bridgehead atoms. The van der Waals surface area contributed by atoms with Crippen molar-refractivity contribution in [3.05, 3.63) is 35.9 Å². The Morgan fingerprint density at radius 1 is 1.15 bits per heavy atom. The fourth-order valence-electron chi connectivity index (χ4n) is 3.81. The number of nitrogens with one attached hydrogen (secondary N) is 2. The Labute approximate surface area is 155 Å². The molecule has 1 aromatic carbocycles. The summed E-state index contributed by atoms with van der Waals surface area (Å²) < 4.78 is 0. The van der Waals surface area contributed by atoms with Gasteiger partial charge in [-0.05, 0) is 37.7 Å². The van der Waals surface area contributed by atoms with Gasteiger partial charge in [-0.1, -0.05) is 30.3 Å². The van der Waals surface area contributed by atoms with Crippen molar-refractivity contribution in [2.75, 3.05) is 19.6 Å². The van der Waals surface area contributed by atoms with Crippen LogP contribution in [0.15, 0.2) is 30.3 Å². The van der Waals surface area contributed by atoms with Crippen LogP contribution in [0.2, 0.25) is 0 Å². The van der Waals surface area contributed by atoms with E-state index in [1.165, 1.54) is 5.56 Å². The third kappa shape index (κ3) is 5.46. The summed E-state index contributed by atoms with van der Waals surface area (Å²) in [5.41, 5.74) is 1.24. The van der Waals surface area contributed by atoms with Gasteiger partial charge in [0.2, 0.25) is 5.91 Å². The molecule has 0 unspecified atom stereocenters. The van der Waals surface area contributed by atoms with Crippen LogP contribution in [0.3, 0.4) is 0 Å². The summed E-state index contributed by atoms with van der Waals surface area (Å²) in [7, 11) is 0. The number of hydrogen-bond donors (Lipinski definition) is 3. The Balaban J connectivity index is 1.35. The standard InChI is InChI=1S/C20H29N3O3/c24-18-8-6-17(7-9-18)22-20(26)21-13-16-12-19(25)23(14-16)11-10-15-4-2-1-3-5-15/h1-5,16-18,24H,6-14H2,(H2,21,22,26)/t16-,17?,18?/m0/s1. The Kier molecular flexibility index (Phi) is 6.50. The normalized spacial score (nSPS) is 26.0. The van der Waals surface area contributed by atoms with E-state index in [4.69, 9.17) is 0 Å². The lowest BCUT2D eigenvalue weighted by Crippen LogP contribution is -2.45. The maximum Gasteiger partial charge on any atom is 0.315 e. The second-order valence-corrected chi connectivity index (χ2v) is 7.51. The largest absolute Gasteiger partial charge is 0.393 e. The van der Waals surface area contributed by atoms with Crippen molar-refractivity contribution in [1.82, 2.24) is 15.5 Å². The van der Waals surface area contributed by atoms with Crippen molar-refractivity contribution >= 4 is 11.9 Å². The van der Waals surface area contributed by atoms with Crippen LogP contribution >= 0.6 is 0 Å². The average Bonchev–Trinajstić information content (AvgIpc) is 3.01. The molecule has 0 radical (unpaired) electrons. The zero-order valence-corrected chi connectivity index (χ0v) is 15.2. The SMILES string of the molecule is O=C(NC[C@@H]1CC(=O)N(CCc2ccccc2)C1)NC1CCC(O)CC1. The molecular formula is C20H29N3O3. The first kappa shape index (κ1) is 18.7. The predicted molar refractivity (Wildman–Crippen MR) is 99.6 cm³/mol. The van der Waals surface area contributed by atoms with Crippen molar-refractivity contribution in [2.24, 2.45) is 5.92 Å². The van der Waals surface area contributed by atoms with E-state index in [-0.39, 0.29) is 30.0 Å². The lowest BCUT2D eigenvalue weighted by atomic mass is 9.93. The molecule has 3 N–H and O–H groups in total. The van der Waals surface area contributed by atoms with Crippen molar-refractivity contribution in [3.63, 3.8) is 0 Å². The van der Waals surface area contributed by atoms with Crippen LogP contribution < -0.4 is 10.6 Å². The molecular weight excluding hydrogens is 330 g/mol. The second kappa shape index (κ2) is 9.03. The minimum atomic E-state index is -0.220. The number of carbonyl (C=O) groups is 2. The first-order valence-corrected chi connectivity index (χ1v) is 9.64. The number of aliphatic hydroxyl groups is 1. The molecule has 0 aromatic heterocycles. The summed E-state index contributed by atoms with van der Waals surface area (Å²) in [4.78, 5) is 26.1. The van der Waals surface area contributed by atoms with Crippen molar-refractivity contribution in [3.8, 4) is 0 Å². The first-order valence-electron chi connectivity index (χ1n) is 9.64. The van der Waals surface area contributed by atoms with E-state index in [0.29, 0.717) is 19.5 Å². The van der Waals surface area contributed by atoms with Crippen molar-refractivity contribution in [1.29, 1.82) is 0 Å². The van der Waals surface area contributed by atoms with E-state index in [0.717, 1.165) is 38.6 Å². The minimum Gasteiger partial charge on any atom is -0.393 e. The summed E-state index contributed by atoms with van der Waals surface area (Å²) in [6, 6.07) is 10.2. The van der Waals surface area contributed by atoms with E-state index < -0.39 is 0 Å². The van der Waals surface area contributed by atoms with Gasteiger partial charge in [-0.25, -0.2) is 4.79 Å². The minimum absolute atomic E-state index is 0.144. The first-order chi connectivity index (χ1) is 12.6. The smallest absolute Gasteiger partial charge is 0.315 e. The highest BCUT2D eigenvalue weighted by molar-refractivity contribution is 5.79. The molecule has 1 saturated carbocycles. The number of carbonyl (C=O) groups excluding carboxylic acids is 2. The molecule has 6 heteroatoms. The highest BCUT2D eigenvalue weighted by atomic mass is 16.3. The molecule has 142 valence electrons. The number of hydrogen-bond acceptors (Lipinski definition) is 3. The molecule has 1 atom stereocenters. The molecule has 0 spiro atoms. The Morgan fingerprint density at radius 3 is 2.62 bits per heavy atom.